The van der Waals surface area contributed by atoms with E-state index < -0.39 is 82.0 Å². The van der Waals surface area contributed by atoms with Gasteiger partial charge in [-0.2, -0.15) is 0 Å². The molecule has 0 aliphatic rings. The topological polar surface area (TPSA) is 72.5 Å². The Bertz CT molecular complexity index is 855. The molecule has 11 heteroatoms. The van der Waals surface area contributed by atoms with Gasteiger partial charge in [0.15, 0.2) is 0 Å². The molecular weight excluding hydrogens is 867 g/mol. The van der Waals surface area contributed by atoms with Crippen molar-refractivity contribution in [1.82, 2.24) is 0 Å². The SMILES string of the molecule is COI([O][Sb](=[O])([O]I(OC)c1ccccc1)[O]I(OC)c1ccccc1)c1ccccc1. The van der Waals surface area contributed by atoms with Gasteiger partial charge in [-0.3, -0.25) is 0 Å². The fraction of sp³-hybridized carbons (Fsp3) is 0.143. The molecule has 0 N–H and O–H groups in total. The van der Waals surface area contributed by atoms with Gasteiger partial charge in [-0.15, -0.1) is 0 Å². The van der Waals surface area contributed by atoms with Gasteiger partial charge >= 0.3 is 221 Å². The average molecular weight is 891 g/mol. The van der Waals surface area contributed by atoms with Crippen LogP contribution in [0.1, 0.15) is 0 Å². The van der Waals surface area contributed by atoms with Crippen molar-refractivity contribution in [2.45, 2.75) is 0 Å². The Balaban J connectivity index is 1.92. The molecule has 32 heavy (non-hydrogen) atoms. The Kier molecular flexibility index (Phi) is 11.7. The Morgan fingerprint density at radius 3 is 0.969 bits per heavy atom. The van der Waals surface area contributed by atoms with E-state index in [2.05, 4.69) is 0 Å². The van der Waals surface area contributed by atoms with Gasteiger partial charge in [0.2, 0.25) is 0 Å². The first-order chi connectivity index (χ1) is 15.6. The monoisotopic (exact) mass is 890 g/mol. The summed E-state index contributed by atoms with van der Waals surface area (Å²) in [5.41, 5.74) is 0. The Morgan fingerprint density at radius 1 is 0.500 bits per heavy atom. The van der Waals surface area contributed by atoms with Crippen molar-refractivity contribution >= 4 is 82.0 Å². The zero-order valence-corrected chi connectivity index (χ0v) is 26.6. The van der Waals surface area contributed by atoms with Crippen LogP contribution in [-0.2, 0) is 16.3 Å². The van der Waals surface area contributed by atoms with Gasteiger partial charge in [0, 0.05) is 0 Å². The van der Waals surface area contributed by atoms with Gasteiger partial charge in [0.25, 0.3) is 0 Å². The van der Waals surface area contributed by atoms with Crippen LogP contribution in [0.2, 0.25) is 0 Å². The number of hydrogen-bond donors (Lipinski definition) is 0. The summed E-state index contributed by atoms with van der Waals surface area (Å²) in [5.74, 6) is 0. The van der Waals surface area contributed by atoms with Crippen molar-refractivity contribution in [3.63, 3.8) is 0 Å². The van der Waals surface area contributed by atoms with Crippen LogP contribution >= 0.6 is 61.9 Å². The first-order valence-corrected chi connectivity index (χ1v) is 21.9. The summed E-state index contributed by atoms with van der Waals surface area (Å²) in [4.78, 5) is 0. The molecule has 0 spiro atoms. The summed E-state index contributed by atoms with van der Waals surface area (Å²) < 4.78 is 52.1. The summed E-state index contributed by atoms with van der Waals surface area (Å²) in [6.45, 7) is 0. The van der Waals surface area contributed by atoms with Crippen LogP contribution in [0.3, 0.4) is 0 Å². The van der Waals surface area contributed by atoms with Crippen LogP contribution in [0.15, 0.2) is 91.0 Å². The van der Waals surface area contributed by atoms with Gasteiger partial charge in [0.05, 0.1) is 0 Å². The summed E-state index contributed by atoms with van der Waals surface area (Å²) in [7, 11) is 4.66. The number of halogens is 3. The summed E-state index contributed by atoms with van der Waals surface area (Å²) in [6.07, 6.45) is 0. The average Bonchev–Trinajstić information content (AvgIpc) is 2.86. The summed E-state index contributed by atoms with van der Waals surface area (Å²) in [5, 5.41) is 0. The molecule has 7 nitrogen and oxygen atoms in total. The summed E-state index contributed by atoms with van der Waals surface area (Å²) >= 11 is -13.6. The first kappa shape index (κ1) is 26.8. The molecule has 0 amide bonds. The molecule has 0 saturated heterocycles. The standard InChI is InChI=1S/3C7H8IO2.O.Sb/c3*1-10-8(9)7-5-3-2-4-6-7;;/h3*2-6H,1H3;;/q3*-1;;+3. The quantitative estimate of drug-likeness (QED) is 0.153. The van der Waals surface area contributed by atoms with E-state index in [0.29, 0.717) is 0 Å². The fourth-order valence-electron chi connectivity index (χ4n) is 2.29. The van der Waals surface area contributed by atoms with Crippen LogP contribution < -0.4 is 0 Å². The molecule has 0 aliphatic carbocycles. The fourth-order valence-corrected chi connectivity index (χ4v) is 35.5. The number of rotatable bonds is 12. The zero-order chi connectivity index (χ0) is 22.8. The molecule has 3 aromatic carbocycles. The van der Waals surface area contributed by atoms with Gasteiger partial charge in [-0.1, -0.05) is 0 Å². The van der Waals surface area contributed by atoms with E-state index in [-0.39, 0.29) is 0 Å². The minimum absolute atomic E-state index is 0.857. The minimum atomic E-state index is -5.27. The van der Waals surface area contributed by atoms with Gasteiger partial charge in [-0.25, -0.2) is 0 Å². The zero-order valence-electron chi connectivity index (χ0n) is 17.6. The molecule has 0 radical (unpaired) electrons. The second-order valence-electron chi connectivity index (χ2n) is 5.66. The maximum atomic E-state index is 14.1. The van der Waals surface area contributed by atoms with Crippen molar-refractivity contribution in [3.05, 3.63) is 102 Å². The molecule has 0 heterocycles. The van der Waals surface area contributed by atoms with Gasteiger partial charge in [0.1, 0.15) is 0 Å². The molecule has 176 valence electrons. The van der Waals surface area contributed by atoms with Crippen molar-refractivity contribution in [3.8, 4) is 0 Å². The molecule has 0 saturated carbocycles. The van der Waals surface area contributed by atoms with Crippen LogP contribution in [0.4, 0.5) is 0 Å². The van der Waals surface area contributed by atoms with Crippen molar-refractivity contribution < 1.29 is 16.3 Å². The van der Waals surface area contributed by atoms with Crippen LogP contribution in [0, 0.1) is 10.7 Å². The van der Waals surface area contributed by atoms with E-state index >= 15 is 0 Å². The molecule has 0 aromatic heterocycles. The Morgan fingerprint density at radius 2 is 0.750 bits per heavy atom. The predicted octanol–water partition coefficient (Wildman–Crippen LogP) is 6.46. The van der Waals surface area contributed by atoms with Crippen LogP contribution in [-0.4, -0.2) is 41.4 Å². The van der Waals surface area contributed by atoms with Gasteiger partial charge < -0.3 is 0 Å². The van der Waals surface area contributed by atoms with Crippen molar-refractivity contribution in [1.29, 1.82) is 0 Å². The predicted molar refractivity (Wildman–Crippen MR) is 148 cm³/mol. The van der Waals surface area contributed by atoms with E-state index in [0.717, 1.165) is 10.7 Å². The molecule has 0 fully saturated rings. The molecule has 0 bridgehead atoms. The van der Waals surface area contributed by atoms with Crippen molar-refractivity contribution in [2.24, 2.45) is 0 Å². The third-order valence-electron chi connectivity index (χ3n) is 3.60. The third-order valence-corrected chi connectivity index (χ3v) is 30.6. The van der Waals surface area contributed by atoms with E-state index in [1.54, 1.807) is 21.3 Å². The second-order valence-corrected chi connectivity index (χ2v) is 27.4. The van der Waals surface area contributed by atoms with Gasteiger partial charge in [-0.05, 0) is 0 Å². The Hall–Kier alpha value is 0.228. The Labute approximate surface area is 218 Å². The van der Waals surface area contributed by atoms with E-state index in [4.69, 9.17) is 13.2 Å². The molecule has 0 atom stereocenters. The van der Waals surface area contributed by atoms with E-state index in [1.165, 1.54) is 0 Å². The molecular formula is C21H24I3O7Sb. The van der Waals surface area contributed by atoms with E-state index in [9.17, 15) is 3.02 Å². The molecule has 0 aliphatic heterocycles. The normalized spacial score (nSPS) is 12.9. The van der Waals surface area contributed by atoms with Crippen LogP contribution in [0.25, 0.3) is 0 Å². The van der Waals surface area contributed by atoms with Crippen LogP contribution in [0.5, 0.6) is 0 Å². The number of hydrogen-bond acceptors (Lipinski definition) is 7. The summed E-state index contributed by atoms with van der Waals surface area (Å²) in [6, 6.07) is 28.4. The maximum absolute atomic E-state index is 14.1. The molecule has 3 aromatic rings. The third kappa shape index (κ3) is 7.88. The first-order valence-electron chi connectivity index (χ1n) is 9.18. The molecule has 0 unspecified atom stereocenters. The van der Waals surface area contributed by atoms with Crippen molar-refractivity contribution in [2.75, 3.05) is 21.3 Å². The molecule has 3 rings (SSSR count). The second kappa shape index (κ2) is 13.9. The number of benzene rings is 3. The van der Waals surface area contributed by atoms with E-state index in [1.807, 2.05) is 91.0 Å².